The van der Waals surface area contributed by atoms with Gasteiger partial charge in [-0.1, -0.05) is 0 Å². The second kappa shape index (κ2) is 5.69. The van der Waals surface area contributed by atoms with E-state index in [0.29, 0.717) is 0 Å². The van der Waals surface area contributed by atoms with Gasteiger partial charge in [-0.05, 0) is 12.1 Å². The maximum absolute atomic E-state index is 11.0. The first kappa shape index (κ1) is 14.6. The SMILES string of the molecule is N#Cc1c(C(=O)O)cnc(-c2ccc(C(=O)O)cn2)c1C#N. The highest BCUT2D eigenvalue weighted by Crippen LogP contribution is 2.24. The molecule has 0 aromatic carbocycles. The first-order valence-corrected chi connectivity index (χ1v) is 5.75. The van der Waals surface area contributed by atoms with Gasteiger partial charge in [-0.15, -0.1) is 0 Å². The van der Waals surface area contributed by atoms with Crippen LogP contribution in [0.25, 0.3) is 11.4 Å². The summed E-state index contributed by atoms with van der Waals surface area (Å²) in [6, 6.07) is 6.01. The Hall–Kier alpha value is -3.78. The summed E-state index contributed by atoms with van der Waals surface area (Å²) in [7, 11) is 0. The molecule has 0 fully saturated rings. The number of aromatic nitrogens is 2. The van der Waals surface area contributed by atoms with Gasteiger partial charge < -0.3 is 10.2 Å². The third-order valence-electron chi connectivity index (χ3n) is 2.79. The summed E-state index contributed by atoms with van der Waals surface area (Å²) >= 11 is 0. The van der Waals surface area contributed by atoms with E-state index in [4.69, 9.17) is 15.5 Å². The van der Waals surface area contributed by atoms with Gasteiger partial charge in [-0.25, -0.2) is 9.59 Å². The molecule has 8 heteroatoms. The lowest BCUT2D eigenvalue weighted by atomic mass is 10.0. The Morgan fingerprint density at radius 2 is 1.64 bits per heavy atom. The molecule has 2 aromatic rings. The molecule has 106 valence electrons. The lowest BCUT2D eigenvalue weighted by molar-refractivity contribution is 0.0685. The number of hydrogen-bond donors (Lipinski definition) is 2. The van der Waals surface area contributed by atoms with Crippen molar-refractivity contribution in [3.8, 4) is 23.5 Å². The average molecular weight is 294 g/mol. The zero-order valence-corrected chi connectivity index (χ0v) is 10.8. The summed E-state index contributed by atoms with van der Waals surface area (Å²) in [5, 5.41) is 36.1. The molecule has 0 radical (unpaired) electrons. The van der Waals surface area contributed by atoms with Crippen LogP contribution in [0.15, 0.2) is 24.5 Å². The third kappa shape index (κ3) is 2.44. The Bertz CT molecular complexity index is 860. The van der Waals surface area contributed by atoms with Crippen molar-refractivity contribution in [1.82, 2.24) is 9.97 Å². The lowest BCUT2D eigenvalue weighted by Gasteiger charge is -2.06. The Balaban J connectivity index is 2.67. The van der Waals surface area contributed by atoms with Crippen LogP contribution in [0.3, 0.4) is 0 Å². The summed E-state index contributed by atoms with van der Waals surface area (Å²) in [6.07, 6.45) is 2.04. The first-order valence-electron chi connectivity index (χ1n) is 5.75. The first-order chi connectivity index (χ1) is 10.5. The highest BCUT2D eigenvalue weighted by molar-refractivity contribution is 5.92. The van der Waals surface area contributed by atoms with Gasteiger partial charge in [-0.3, -0.25) is 9.97 Å². The number of aromatic carboxylic acids is 2. The van der Waals surface area contributed by atoms with Gasteiger partial charge in [0.05, 0.1) is 27.9 Å². The maximum atomic E-state index is 11.0. The molecule has 0 aliphatic rings. The van der Waals surface area contributed by atoms with Gasteiger partial charge in [-0.2, -0.15) is 10.5 Å². The van der Waals surface area contributed by atoms with Crippen LogP contribution < -0.4 is 0 Å². The quantitative estimate of drug-likeness (QED) is 0.859. The van der Waals surface area contributed by atoms with Crippen LogP contribution in [0.4, 0.5) is 0 Å². The van der Waals surface area contributed by atoms with Crippen molar-refractivity contribution < 1.29 is 19.8 Å². The topological polar surface area (TPSA) is 148 Å². The maximum Gasteiger partial charge on any atom is 0.338 e. The molecule has 0 aliphatic carbocycles. The second-order valence-corrected chi connectivity index (χ2v) is 4.04. The van der Waals surface area contributed by atoms with E-state index in [1.165, 1.54) is 12.1 Å². The van der Waals surface area contributed by atoms with Crippen molar-refractivity contribution >= 4 is 11.9 Å². The number of carbonyl (C=O) groups is 2. The number of carboxylic acids is 2. The van der Waals surface area contributed by atoms with Crippen LogP contribution in [-0.4, -0.2) is 32.1 Å². The second-order valence-electron chi connectivity index (χ2n) is 4.04. The number of hydrogen-bond acceptors (Lipinski definition) is 6. The Labute approximate surface area is 123 Å². The van der Waals surface area contributed by atoms with E-state index in [2.05, 4.69) is 9.97 Å². The van der Waals surface area contributed by atoms with Crippen molar-refractivity contribution in [3.05, 3.63) is 46.8 Å². The minimum atomic E-state index is -1.37. The van der Waals surface area contributed by atoms with Crippen molar-refractivity contribution in [2.24, 2.45) is 0 Å². The minimum absolute atomic E-state index is 0.0148. The molecular formula is C14H6N4O4. The Morgan fingerprint density at radius 3 is 2.09 bits per heavy atom. The standard InChI is InChI=1S/C14H6N4O4/c15-3-8-9(4-16)12(18-6-10(8)14(21)22)11-2-1-7(5-17-11)13(19)20/h1-2,5-6H,(H,19,20)(H,21,22). The fourth-order valence-corrected chi connectivity index (χ4v) is 1.75. The van der Waals surface area contributed by atoms with E-state index in [1.807, 2.05) is 0 Å². The molecule has 0 unspecified atom stereocenters. The van der Waals surface area contributed by atoms with Gasteiger partial charge in [0, 0.05) is 12.4 Å². The van der Waals surface area contributed by atoms with Gasteiger partial charge >= 0.3 is 11.9 Å². The van der Waals surface area contributed by atoms with Crippen molar-refractivity contribution in [1.29, 1.82) is 10.5 Å². The number of carboxylic acid groups (broad SMARTS) is 2. The summed E-state index contributed by atoms with van der Waals surface area (Å²) in [5.41, 5.74) is -0.798. The van der Waals surface area contributed by atoms with Gasteiger partial charge in [0.2, 0.25) is 0 Å². The predicted molar refractivity (Wildman–Crippen MR) is 70.8 cm³/mol. The molecule has 22 heavy (non-hydrogen) atoms. The molecule has 8 nitrogen and oxygen atoms in total. The summed E-state index contributed by atoms with van der Waals surface area (Å²) < 4.78 is 0. The molecule has 0 saturated heterocycles. The number of nitriles is 2. The summed E-state index contributed by atoms with van der Waals surface area (Å²) in [6.45, 7) is 0. The monoisotopic (exact) mass is 294 g/mol. The Kier molecular flexibility index (Phi) is 3.78. The third-order valence-corrected chi connectivity index (χ3v) is 2.79. The van der Waals surface area contributed by atoms with E-state index >= 15 is 0 Å². The summed E-state index contributed by atoms with van der Waals surface area (Å²) in [4.78, 5) is 29.5. The van der Waals surface area contributed by atoms with E-state index in [1.54, 1.807) is 12.1 Å². The van der Waals surface area contributed by atoms with Crippen LogP contribution in [-0.2, 0) is 0 Å². The fourth-order valence-electron chi connectivity index (χ4n) is 1.75. The van der Waals surface area contributed by atoms with E-state index < -0.39 is 11.9 Å². The molecule has 0 bridgehead atoms. The molecule has 0 amide bonds. The van der Waals surface area contributed by atoms with E-state index in [0.717, 1.165) is 12.4 Å². The highest BCUT2D eigenvalue weighted by atomic mass is 16.4. The fraction of sp³-hybridized carbons (Fsp3) is 0. The van der Waals surface area contributed by atoms with Crippen LogP contribution in [0.5, 0.6) is 0 Å². The van der Waals surface area contributed by atoms with E-state index in [-0.39, 0.29) is 33.6 Å². The minimum Gasteiger partial charge on any atom is -0.478 e. The molecule has 2 aromatic heterocycles. The average Bonchev–Trinajstić information content (AvgIpc) is 2.53. The molecule has 2 heterocycles. The summed E-state index contributed by atoms with van der Waals surface area (Å²) in [5.74, 6) is -2.53. The normalized spacial score (nSPS) is 9.55. The lowest BCUT2D eigenvalue weighted by Crippen LogP contribution is -2.06. The largest absolute Gasteiger partial charge is 0.478 e. The molecule has 0 saturated carbocycles. The smallest absolute Gasteiger partial charge is 0.338 e. The van der Waals surface area contributed by atoms with Gasteiger partial charge in [0.25, 0.3) is 0 Å². The van der Waals surface area contributed by atoms with Crippen LogP contribution in [0, 0.1) is 22.7 Å². The van der Waals surface area contributed by atoms with Crippen molar-refractivity contribution in [3.63, 3.8) is 0 Å². The zero-order chi connectivity index (χ0) is 16.3. The van der Waals surface area contributed by atoms with Crippen molar-refractivity contribution in [2.75, 3.05) is 0 Å². The van der Waals surface area contributed by atoms with E-state index in [9.17, 15) is 14.9 Å². The zero-order valence-electron chi connectivity index (χ0n) is 10.8. The van der Waals surface area contributed by atoms with Gasteiger partial charge in [0.15, 0.2) is 0 Å². The highest BCUT2D eigenvalue weighted by Gasteiger charge is 2.20. The van der Waals surface area contributed by atoms with Crippen LogP contribution in [0.2, 0.25) is 0 Å². The molecule has 0 aliphatic heterocycles. The number of pyridine rings is 2. The van der Waals surface area contributed by atoms with Crippen LogP contribution in [0.1, 0.15) is 31.8 Å². The van der Waals surface area contributed by atoms with Gasteiger partial charge in [0.1, 0.15) is 17.8 Å². The Morgan fingerprint density at radius 1 is 0.955 bits per heavy atom. The molecule has 2 rings (SSSR count). The van der Waals surface area contributed by atoms with Crippen molar-refractivity contribution in [2.45, 2.75) is 0 Å². The predicted octanol–water partition coefficient (Wildman–Crippen LogP) is 1.28. The molecule has 2 N–H and O–H groups in total. The number of nitrogens with zero attached hydrogens (tertiary/aromatic N) is 4. The molecule has 0 spiro atoms. The molecule has 0 atom stereocenters. The number of rotatable bonds is 3. The molecular weight excluding hydrogens is 288 g/mol. The van der Waals surface area contributed by atoms with Crippen LogP contribution >= 0.6 is 0 Å².